The van der Waals surface area contributed by atoms with Gasteiger partial charge in [0.2, 0.25) is 0 Å². The van der Waals surface area contributed by atoms with Crippen molar-refractivity contribution in [2.75, 3.05) is 6.54 Å². The molecule has 3 aromatic rings. The van der Waals surface area contributed by atoms with Gasteiger partial charge in [0, 0.05) is 23.2 Å². The van der Waals surface area contributed by atoms with E-state index in [1.165, 1.54) is 0 Å². The minimum Gasteiger partial charge on any atom is -0.463 e. The fraction of sp³-hybridized carbons (Fsp3) is 0.300. The summed E-state index contributed by atoms with van der Waals surface area (Å²) in [6.07, 6.45) is 3.43. The predicted octanol–water partition coefficient (Wildman–Crippen LogP) is 3.66. The Kier molecular flexibility index (Phi) is 5.01. The van der Waals surface area contributed by atoms with Crippen molar-refractivity contribution in [1.82, 2.24) is 20.4 Å². The molecule has 0 spiro atoms. The lowest BCUT2D eigenvalue weighted by Crippen LogP contribution is -2.46. The van der Waals surface area contributed by atoms with Crippen LogP contribution in [0.25, 0.3) is 17.1 Å². The lowest BCUT2D eigenvalue weighted by atomic mass is 10.0. The smallest absolute Gasteiger partial charge is 0.272 e. The number of rotatable bonds is 4. The summed E-state index contributed by atoms with van der Waals surface area (Å²) < 4.78 is 7.24. The van der Waals surface area contributed by atoms with Crippen molar-refractivity contribution in [3.63, 3.8) is 0 Å². The summed E-state index contributed by atoms with van der Waals surface area (Å²) in [7, 11) is 0. The van der Waals surface area contributed by atoms with E-state index >= 15 is 0 Å². The van der Waals surface area contributed by atoms with Gasteiger partial charge in [-0.15, -0.1) is 0 Å². The van der Waals surface area contributed by atoms with Gasteiger partial charge in [-0.25, -0.2) is 4.68 Å². The molecule has 1 saturated heterocycles. The molecule has 0 bridgehead atoms. The van der Waals surface area contributed by atoms with Gasteiger partial charge in [0.1, 0.15) is 5.69 Å². The number of carbonyl (C=O) groups excluding carboxylic acids is 1. The van der Waals surface area contributed by atoms with E-state index in [0.717, 1.165) is 25.1 Å². The van der Waals surface area contributed by atoms with Crippen molar-refractivity contribution in [1.29, 1.82) is 0 Å². The average Bonchev–Trinajstić information content (AvgIpc) is 3.32. The molecule has 140 valence electrons. The Balaban J connectivity index is 1.64. The molecule has 2 aromatic heterocycles. The fourth-order valence-corrected chi connectivity index (χ4v) is 3.52. The second-order valence-corrected chi connectivity index (χ2v) is 7.27. The van der Waals surface area contributed by atoms with Gasteiger partial charge in [0.25, 0.3) is 5.91 Å². The highest BCUT2D eigenvalue weighted by molar-refractivity contribution is 6.30. The molecule has 27 heavy (non-hydrogen) atoms. The summed E-state index contributed by atoms with van der Waals surface area (Å²) in [5.41, 5.74) is 1.88. The van der Waals surface area contributed by atoms with E-state index < -0.39 is 0 Å². The van der Waals surface area contributed by atoms with Gasteiger partial charge < -0.3 is 15.1 Å². The molecule has 0 saturated carbocycles. The van der Waals surface area contributed by atoms with Crippen LogP contribution in [-0.4, -0.2) is 34.3 Å². The molecular weight excluding hydrogens is 364 g/mol. The summed E-state index contributed by atoms with van der Waals surface area (Å²) in [4.78, 5) is 12.8. The Hall–Kier alpha value is -2.57. The monoisotopic (exact) mass is 384 g/mol. The number of hydrogen-bond donors (Lipinski definition) is 2. The summed E-state index contributed by atoms with van der Waals surface area (Å²) >= 11 is 6.00. The molecule has 1 amide bonds. The molecule has 2 atom stereocenters. The lowest BCUT2D eigenvalue weighted by Gasteiger charge is -2.28. The molecule has 1 aliphatic heterocycles. The highest BCUT2D eigenvalue weighted by Crippen LogP contribution is 2.25. The fourth-order valence-electron chi connectivity index (χ4n) is 3.39. The zero-order valence-corrected chi connectivity index (χ0v) is 15.7. The van der Waals surface area contributed by atoms with E-state index in [0.29, 0.717) is 28.2 Å². The minimum atomic E-state index is -0.172. The number of carbonyl (C=O) groups is 1. The number of hydrogen-bond acceptors (Lipinski definition) is 4. The Morgan fingerprint density at radius 2 is 2.15 bits per heavy atom. The first-order valence-corrected chi connectivity index (χ1v) is 9.42. The van der Waals surface area contributed by atoms with E-state index in [-0.39, 0.29) is 11.9 Å². The van der Waals surface area contributed by atoms with E-state index in [2.05, 4.69) is 22.7 Å². The molecule has 1 fully saturated rings. The number of amides is 1. The second-order valence-electron chi connectivity index (χ2n) is 6.83. The summed E-state index contributed by atoms with van der Waals surface area (Å²) in [5.74, 6) is 0.474. The molecule has 0 radical (unpaired) electrons. The van der Waals surface area contributed by atoms with Gasteiger partial charge in [-0.05, 0) is 62.7 Å². The molecule has 0 aliphatic carbocycles. The molecule has 2 N–H and O–H groups in total. The first-order valence-electron chi connectivity index (χ1n) is 9.04. The van der Waals surface area contributed by atoms with Crippen LogP contribution in [0.4, 0.5) is 0 Å². The van der Waals surface area contributed by atoms with Crippen LogP contribution < -0.4 is 10.6 Å². The van der Waals surface area contributed by atoms with Crippen molar-refractivity contribution in [2.45, 2.75) is 31.8 Å². The van der Waals surface area contributed by atoms with Crippen LogP contribution in [0.2, 0.25) is 5.02 Å². The first kappa shape index (κ1) is 17.8. The summed E-state index contributed by atoms with van der Waals surface area (Å²) in [6.45, 7) is 3.03. The Labute approximate surface area is 162 Å². The van der Waals surface area contributed by atoms with Crippen molar-refractivity contribution in [3.8, 4) is 17.1 Å². The molecule has 1 aliphatic rings. The molecule has 2 unspecified atom stereocenters. The minimum absolute atomic E-state index is 0.154. The third-order valence-corrected chi connectivity index (χ3v) is 5.00. The van der Waals surface area contributed by atoms with Crippen LogP contribution in [0.5, 0.6) is 0 Å². The van der Waals surface area contributed by atoms with E-state index in [9.17, 15) is 4.79 Å². The zero-order chi connectivity index (χ0) is 18.8. The van der Waals surface area contributed by atoms with Crippen LogP contribution in [0, 0.1) is 0 Å². The molecule has 1 aromatic carbocycles. The molecular formula is C20H21ClN4O2. The third-order valence-electron chi connectivity index (χ3n) is 4.75. The van der Waals surface area contributed by atoms with E-state index in [4.69, 9.17) is 16.0 Å². The maximum Gasteiger partial charge on any atom is 0.272 e. The zero-order valence-electron chi connectivity index (χ0n) is 15.0. The Bertz CT molecular complexity index is 918. The number of nitrogens with zero attached hydrogens (tertiary/aromatic N) is 2. The highest BCUT2D eigenvalue weighted by Gasteiger charge is 2.23. The van der Waals surface area contributed by atoms with Crippen LogP contribution >= 0.6 is 11.6 Å². The SMILES string of the molecule is CC1CC(NC(=O)c2cc(-c3ccco3)n(-c3ccc(Cl)cc3)n2)CCN1. The maximum atomic E-state index is 12.8. The molecule has 4 rings (SSSR count). The molecule has 7 heteroatoms. The highest BCUT2D eigenvalue weighted by atomic mass is 35.5. The van der Waals surface area contributed by atoms with Gasteiger partial charge in [0.15, 0.2) is 11.5 Å². The van der Waals surface area contributed by atoms with Crippen molar-refractivity contribution < 1.29 is 9.21 Å². The van der Waals surface area contributed by atoms with Gasteiger partial charge in [-0.1, -0.05) is 11.6 Å². The number of aromatic nitrogens is 2. The first-order chi connectivity index (χ1) is 13.1. The van der Waals surface area contributed by atoms with Gasteiger partial charge >= 0.3 is 0 Å². The number of nitrogens with one attached hydrogen (secondary N) is 2. The molecule has 3 heterocycles. The predicted molar refractivity (Wildman–Crippen MR) is 104 cm³/mol. The normalized spacial score (nSPS) is 19.8. The number of halogens is 1. The summed E-state index contributed by atoms with van der Waals surface area (Å²) in [5, 5.41) is 11.7. The Morgan fingerprint density at radius 1 is 1.33 bits per heavy atom. The third kappa shape index (κ3) is 3.91. The second kappa shape index (κ2) is 7.58. The maximum absolute atomic E-state index is 12.8. The van der Waals surface area contributed by atoms with Crippen molar-refractivity contribution >= 4 is 17.5 Å². The van der Waals surface area contributed by atoms with Crippen LogP contribution in [-0.2, 0) is 0 Å². The Morgan fingerprint density at radius 3 is 2.85 bits per heavy atom. The largest absolute Gasteiger partial charge is 0.463 e. The van der Waals surface area contributed by atoms with Crippen LogP contribution in [0.3, 0.4) is 0 Å². The number of piperidine rings is 1. The number of furan rings is 1. The van der Waals surface area contributed by atoms with Crippen molar-refractivity contribution in [2.24, 2.45) is 0 Å². The van der Waals surface area contributed by atoms with E-state index in [1.54, 1.807) is 29.1 Å². The van der Waals surface area contributed by atoms with E-state index in [1.807, 2.05) is 24.3 Å². The summed E-state index contributed by atoms with van der Waals surface area (Å²) in [6, 6.07) is 13.3. The quantitative estimate of drug-likeness (QED) is 0.720. The average molecular weight is 385 g/mol. The van der Waals surface area contributed by atoms with Crippen molar-refractivity contribution in [3.05, 3.63) is 59.4 Å². The number of benzene rings is 1. The lowest BCUT2D eigenvalue weighted by molar-refractivity contribution is 0.0920. The van der Waals surface area contributed by atoms with Gasteiger partial charge in [-0.2, -0.15) is 5.10 Å². The van der Waals surface area contributed by atoms with Crippen LogP contribution in [0.15, 0.2) is 53.1 Å². The van der Waals surface area contributed by atoms with Crippen LogP contribution in [0.1, 0.15) is 30.3 Å². The molecule has 6 nitrogen and oxygen atoms in total. The van der Waals surface area contributed by atoms with Gasteiger partial charge in [0.05, 0.1) is 12.0 Å². The van der Waals surface area contributed by atoms with Gasteiger partial charge in [-0.3, -0.25) is 4.79 Å². The topological polar surface area (TPSA) is 72.1 Å². The standard InChI is InChI=1S/C20H21ClN4O2/c1-13-11-15(8-9-22-13)23-20(26)17-12-18(19-3-2-10-27-19)25(24-17)16-6-4-14(21)5-7-16/h2-7,10,12-13,15,22H,8-9,11H2,1H3,(H,23,26).